The Morgan fingerprint density at radius 1 is 1.83 bits per heavy atom. The first-order chi connectivity index (χ1) is 5.74. The Morgan fingerprint density at radius 2 is 2.58 bits per heavy atom. The maximum atomic E-state index is 10.8. The summed E-state index contributed by atoms with van der Waals surface area (Å²) < 4.78 is 5.19. The summed E-state index contributed by atoms with van der Waals surface area (Å²) in [6.45, 7) is 2.03. The van der Waals surface area contributed by atoms with Crippen LogP contribution in [-0.2, 0) is 16.0 Å². The van der Waals surface area contributed by atoms with Gasteiger partial charge in [-0.15, -0.1) is 0 Å². The van der Waals surface area contributed by atoms with Crippen molar-refractivity contribution >= 4 is 5.97 Å². The van der Waals surface area contributed by atoms with Crippen LogP contribution in [-0.4, -0.2) is 22.3 Å². The molecule has 0 N–H and O–H groups in total. The van der Waals surface area contributed by atoms with Gasteiger partial charge < -0.3 is 14.7 Å². The second-order valence-electron chi connectivity index (χ2n) is 2.15. The van der Waals surface area contributed by atoms with E-state index in [1.165, 1.54) is 12.4 Å². The fraction of sp³-hybridized carbons (Fsp3) is 0.429. The van der Waals surface area contributed by atoms with Gasteiger partial charge in [-0.3, -0.25) is 4.79 Å². The smallest absolute Gasteiger partial charge is 0.313 e. The normalized spacial score (nSPS) is 9.75. The molecule has 0 spiro atoms. The molecular weight excluding hydrogens is 160 g/mol. The molecule has 1 heterocycles. The molecule has 1 rings (SSSR count). The Bertz CT molecular complexity index is 269. The minimum atomic E-state index is -0.430. The van der Waals surface area contributed by atoms with Gasteiger partial charge >= 0.3 is 5.97 Å². The molecule has 0 aliphatic carbocycles. The second kappa shape index (κ2) is 3.75. The van der Waals surface area contributed by atoms with Crippen LogP contribution in [0.25, 0.3) is 0 Å². The molecule has 0 fully saturated rings. The van der Waals surface area contributed by atoms with E-state index in [4.69, 9.17) is 0 Å². The molecule has 0 unspecified atom stereocenters. The van der Waals surface area contributed by atoms with Crippen LogP contribution in [0.4, 0.5) is 0 Å². The maximum absolute atomic E-state index is 10.8. The Kier molecular flexibility index (Phi) is 2.68. The number of hydrogen-bond donors (Lipinski definition) is 0. The van der Waals surface area contributed by atoms with E-state index >= 15 is 0 Å². The minimum absolute atomic E-state index is 0.0651. The summed E-state index contributed by atoms with van der Waals surface area (Å²) in [7, 11) is 0. The van der Waals surface area contributed by atoms with Crippen molar-refractivity contribution in [3.05, 3.63) is 23.4 Å². The summed E-state index contributed by atoms with van der Waals surface area (Å²) in [5.41, 5.74) is 0. The summed E-state index contributed by atoms with van der Waals surface area (Å²) in [5.74, 6) is -0.255. The van der Waals surface area contributed by atoms with Gasteiger partial charge in [0.1, 0.15) is 12.2 Å². The third-order valence-corrected chi connectivity index (χ3v) is 1.29. The number of ether oxygens (including phenoxy) is 1. The lowest BCUT2D eigenvalue weighted by molar-refractivity contribution is -0.142. The van der Waals surface area contributed by atoms with Crippen molar-refractivity contribution in [2.45, 2.75) is 13.3 Å². The van der Waals surface area contributed by atoms with Crippen LogP contribution in [0.2, 0.25) is 0 Å². The van der Waals surface area contributed by atoms with Crippen LogP contribution in [0.5, 0.6) is 0 Å². The van der Waals surface area contributed by atoms with Gasteiger partial charge in [0.15, 0.2) is 0 Å². The first kappa shape index (κ1) is 8.58. The van der Waals surface area contributed by atoms with Crippen LogP contribution in [0.15, 0.2) is 12.4 Å². The summed E-state index contributed by atoms with van der Waals surface area (Å²) in [5, 5.41) is 10.8. The third kappa shape index (κ3) is 1.98. The van der Waals surface area contributed by atoms with Gasteiger partial charge in [0.25, 0.3) is 0 Å². The van der Waals surface area contributed by atoms with Gasteiger partial charge in [0.05, 0.1) is 6.61 Å². The molecular formula is C7H9N2O3-. The zero-order valence-corrected chi connectivity index (χ0v) is 6.69. The number of hydrogen-bond acceptors (Lipinski definition) is 4. The summed E-state index contributed by atoms with van der Waals surface area (Å²) >= 11 is 0. The highest BCUT2D eigenvalue weighted by Gasteiger charge is 2.05. The van der Waals surface area contributed by atoms with E-state index in [0.717, 1.165) is 0 Å². The predicted octanol–water partition coefficient (Wildman–Crippen LogP) is 0.335. The summed E-state index contributed by atoms with van der Waals surface area (Å²) in [6, 6.07) is 0. The van der Waals surface area contributed by atoms with Crippen molar-refractivity contribution in [1.82, 2.24) is 9.71 Å². The molecule has 0 saturated heterocycles. The molecule has 5 nitrogen and oxygen atoms in total. The molecule has 0 saturated carbocycles. The van der Waals surface area contributed by atoms with E-state index < -0.39 is 5.97 Å². The van der Waals surface area contributed by atoms with Crippen molar-refractivity contribution in [3.63, 3.8) is 0 Å². The lowest BCUT2D eigenvalue weighted by Gasteiger charge is -2.08. The Hall–Kier alpha value is -1.52. The molecule has 0 radical (unpaired) electrons. The molecule has 0 aliphatic heterocycles. The fourth-order valence-corrected chi connectivity index (χ4v) is 0.788. The SMILES string of the molecule is CCOC(=O)Cc1nccn1[O-]. The quantitative estimate of drug-likeness (QED) is 0.611. The highest BCUT2D eigenvalue weighted by Crippen LogP contribution is 1.97. The highest BCUT2D eigenvalue weighted by atomic mass is 16.5. The molecule has 66 valence electrons. The average molecular weight is 169 g/mol. The molecule has 0 amide bonds. The van der Waals surface area contributed by atoms with Gasteiger partial charge in [-0.25, -0.2) is 4.98 Å². The van der Waals surface area contributed by atoms with Crippen LogP contribution in [0.3, 0.4) is 0 Å². The number of nitrogens with zero attached hydrogens (tertiary/aromatic N) is 2. The Morgan fingerprint density at radius 3 is 3.08 bits per heavy atom. The highest BCUT2D eigenvalue weighted by molar-refractivity contribution is 5.71. The van der Waals surface area contributed by atoms with Crippen molar-refractivity contribution < 1.29 is 9.53 Å². The zero-order valence-electron chi connectivity index (χ0n) is 6.69. The van der Waals surface area contributed by atoms with Crippen LogP contribution < -0.4 is 0 Å². The number of imidazole rings is 1. The van der Waals surface area contributed by atoms with Crippen LogP contribution in [0, 0.1) is 5.21 Å². The molecule has 0 aromatic carbocycles. The van der Waals surface area contributed by atoms with Crippen LogP contribution >= 0.6 is 0 Å². The van der Waals surface area contributed by atoms with Gasteiger partial charge in [-0.05, 0) is 6.92 Å². The molecule has 0 aliphatic rings. The zero-order chi connectivity index (χ0) is 8.97. The van der Waals surface area contributed by atoms with Gasteiger partial charge in [0, 0.05) is 12.4 Å². The second-order valence-corrected chi connectivity index (χ2v) is 2.15. The Balaban J connectivity index is 2.52. The van der Waals surface area contributed by atoms with Gasteiger partial charge in [0.2, 0.25) is 0 Å². The first-order valence-corrected chi connectivity index (χ1v) is 3.59. The van der Waals surface area contributed by atoms with Crippen molar-refractivity contribution in [1.29, 1.82) is 0 Å². The van der Waals surface area contributed by atoms with Crippen LogP contribution in [0.1, 0.15) is 12.7 Å². The maximum Gasteiger partial charge on any atom is 0.313 e. The molecule has 1 aromatic heterocycles. The standard InChI is InChI=1S/C7H9N2O3/c1-2-12-7(10)5-6-8-3-4-9(6)11/h3-4H,2,5H2,1H3/q-1. The van der Waals surface area contributed by atoms with E-state index in [2.05, 4.69) is 9.72 Å². The predicted molar refractivity (Wildman–Crippen MR) is 41.3 cm³/mol. The van der Waals surface area contributed by atoms with Gasteiger partial charge in [-0.2, -0.15) is 0 Å². The minimum Gasteiger partial charge on any atom is -0.805 e. The van der Waals surface area contributed by atoms with Gasteiger partial charge in [-0.1, -0.05) is 0 Å². The van der Waals surface area contributed by atoms with Crippen molar-refractivity contribution in [2.75, 3.05) is 6.61 Å². The summed E-state index contributed by atoms with van der Waals surface area (Å²) in [6.07, 6.45) is 2.53. The summed E-state index contributed by atoms with van der Waals surface area (Å²) in [4.78, 5) is 14.5. The van der Waals surface area contributed by atoms with E-state index in [-0.39, 0.29) is 12.2 Å². The lowest BCUT2D eigenvalue weighted by atomic mass is 10.4. The Labute approximate surface area is 69.6 Å². The molecule has 5 heteroatoms. The largest absolute Gasteiger partial charge is 0.805 e. The number of carbonyl (C=O) groups is 1. The monoisotopic (exact) mass is 169 g/mol. The number of rotatable bonds is 3. The number of esters is 1. The molecule has 0 atom stereocenters. The average Bonchev–Trinajstić information content (AvgIpc) is 2.37. The molecule has 12 heavy (non-hydrogen) atoms. The van der Waals surface area contributed by atoms with E-state index in [9.17, 15) is 10.0 Å². The van der Waals surface area contributed by atoms with E-state index in [1.807, 2.05) is 0 Å². The topological polar surface area (TPSA) is 67.2 Å². The molecule has 0 bridgehead atoms. The van der Waals surface area contributed by atoms with E-state index in [1.54, 1.807) is 6.92 Å². The fourth-order valence-electron chi connectivity index (χ4n) is 0.788. The molecule has 1 aromatic rings. The van der Waals surface area contributed by atoms with Crippen molar-refractivity contribution in [2.24, 2.45) is 0 Å². The van der Waals surface area contributed by atoms with Crippen molar-refractivity contribution in [3.8, 4) is 0 Å². The third-order valence-electron chi connectivity index (χ3n) is 1.29. The van der Waals surface area contributed by atoms with E-state index in [0.29, 0.717) is 11.3 Å². The number of aromatic nitrogens is 2. The number of carbonyl (C=O) groups excluding carboxylic acids is 1. The lowest BCUT2D eigenvalue weighted by Crippen LogP contribution is -2.10. The first-order valence-electron chi connectivity index (χ1n) is 3.59.